The molecule has 1 fully saturated rings. The van der Waals surface area contributed by atoms with Crippen LogP contribution in [0.2, 0.25) is 0 Å². The summed E-state index contributed by atoms with van der Waals surface area (Å²) in [5.41, 5.74) is 0.940. The highest BCUT2D eigenvalue weighted by Crippen LogP contribution is 2.39. The summed E-state index contributed by atoms with van der Waals surface area (Å²) < 4.78 is 75.2. The van der Waals surface area contributed by atoms with Crippen molar-refractivity contribution in [1.29, 1.82) is 0 Å². The third-order valence-corrected chi connectivity index (χ3v) is 5.14. The van der Waals surface area contributed by atoms with E-state index in [0.29, 0.717) is 18.6 Å². The van der Waals surface area contributed by atoms with E-state index in [1.807, 2.05) is 0 Å². The minimum atomic E-state index is -5.04. The lowest BCUT2D eigenvalue weighted by atomic mass is 10.0. The first-order chi connectivity index (χ1) is 16.1. The molecule has 0 bridgehead atoms. The predicted molar refractivity (Wildman–Crippen MR) is 120 cm³/mol. The molecule has 0 atom stereocenters. The highest BCUT2D eigenvalue weighted by atomic mass is 35.5. The molecule has 3 aromatic rings. The van der Waals surface area contributed by atoms with E-state index in [2.05, 4.69) is 20.6 Å². The number of rotatable bonds is 6. The summed E-state index contributed by atoms with van der Waals surface area (Å²) >= 11 is 0. The monoisotopic (exact) mass is 515 g/mol. The second-order valence-electron chi connectivity index (χ2n) is 7.58. The first-order valence-corrected chi connectivity index (χ1v) is 10.1. The number of amides is 1. The van der Waals surface area contributed by atoms with Crippen molar-refractivity contribution in [3.05, 3.63) is 65.6 Å². The van der Waals surface area contributed by atoms with E-state index in [9.17, 15) is 26.7 Å². The van der Waals surface area contributed by atoms with Gasteiger partial charge in [0.05, 0.1) is 35.3 Å². The Bertz CT molecular complexity index is 1220. The second kappa shape index (κ2) is 10.4. The highest BCUT2D eigenvalue weighted by Gasteiger charge is 2.37. The molecule has 1 saturated heterocycles. The molecular weight excluding hydrogens is 497 g/mol. The van der Waals surface area contributed by atoms with Crippen LogP contribution in [0.3, 0.4) is 0 Å². The Kier molecular flexibility index (Phi) is 7.76. The number of nitrogens with one attached hydrogen (secondary N) is 2. The van der Waals surface area contributed by atoms with Gasteiger partial charge in [0, 0.05) is 31.3 Å². The number of carbonyl (C=O) groups is 1. The lowest BCUT2D eigenvalue weighted by Crippen LogP contribution is -2.45. The normalized spacial score (nSPS) is 13.5. The predicted octanol–water partition coefficient (Wildman–Crippen LogP) is 4.30. The number of nitrogens with zero attached hydrogens (tertiary/aromatic N) is 2. The van der Waals surface area contributed by atoms with Crippen molar-refractivity contribution < 1.29 is 31.5 Å². The quantitative estimate of drug-likeness (QED) is 0.423. The van der Waals surface area contributed by atoms with Crippen LogP contribution in [0.25, 0.3) is 11.3 Å². The summed E-state index contributed by atoms with van der Waals surface area (Å²) in [5, 5.41) is 5.54. The summed E-state index contributed by atoms with van der Waals surface area (Å²) in [7, 11) is 0. The van der Waals surface area contributed by atoms with Gasteiger partial charge in [-0.15, -0.1) is 12.4 Å². The Morgan fingerprint density at radius 1 is 1.20 bits per heavy atom. The number of nitrogen functional groups attached to an aromatic ring is 1. The molecule has 7 nitrogen and oxygen atoms in total. The van der Waals surface area contributed by atoms with Crippen LogP contribution < -0.4 is 21.1 Å². The van der Waals surface area contributed by atoms with E-state index in [4.69, 9.17) is 10.5 Å². The van der Waals surface area contributed by atoms with Crippen molar-refractivity contribution in [1.82, 2.24) is 15.3 Å². The van der Waals surface area contributed by atoms with E-state index < -0.39 is 51.9 Å². The number of alkyl halides is 3. The molecule has 1 aliphatic heterocycles. The number of hydrogen-bond acceptors (Lipinski definition) is 6. The van der Waals surface area contributed by atoms with Crippen molar-refractivity contribution in [2.45, 2.75) is 6.18 Å². The van der Waals surface area contributed by atoms with E-state index in [-0.39, 0.29) is 23.8 Å². The molecule has 0 saturated carbocycles. The Balaban J connectivity index is 0.00000342. The van der Waals surface area contributed by atoms with E-state index in [1.165, 1.54) is 18.5 Å². The molecule has 0 aliphatic carbocycles. The van der Waals surface area contributed by atoms with Gasteiger partial charge < -0.3 is 21.1 Å². The average molecular weight is 516 g/mol. The topological polar surface area (TPSA) is 102 Å². The molecule has 1 aromatic carbocycles. The number of carbonyl (C=O) groups excluding carboxylic acids is 1. The summed E-state index contributed by atoms with van der Waals surface area (Å²) in [6.07, 6.45) is -2.32. The van der Waals surface area contributed by atoms with E-state index >= 15 is 0 Å². The van der Waals surface area contributed by atoms with Crippen LogP contribution >= 0.6 is 12.4 Å². The summed E-state index contributed by atoms with van der Waals surface area (Å²) in [4.78, 5) is 20.4. The molecule has 0 spiro atoms. The summed E-state index contributed by atoms with van der Waals surface area (Å²) in [5.74, 6) is -2.99. The lowest BCUT2D eigenvalue weighted by Gasteiger charge is -2.27. The van der Waals surface area contributed by atoms with Crippen molar-refractivity contribution in [2.24, 2.45) is 5.92 Å². The van der Waals surface area contributed by atoms with Gasteiger partial charge >= 0.3 is 6.18 Å². The maximum Gasteiger partial charge on any atom is 0.418 e. The molecule has 35 heavy (non-hydrogen) atoms. The fourth-order valence-corrected chi connectivity index (χ4v) is 3.30. The Labute approximate surface area is 202 Å². The van der Waals surface area contributed by atoms with Crippen LogP contribution in [-0.2, 0) is 6.18 Å². The fourth-order valence-electron chi connectivity index (χ4n) is 3.30. The number of nitrogens with two attached hydrogens (primary N) is 1. The van der Waals surface area contributed by atoms with E-state index in [1.54, 1.807) is 0 Å². The molecule has 4 N–H and O–H groups in total. The van der Waals surface area contributed by atoms with Crippen LogP contribution in [0.5, 0.6) is 5.75 Å². The largest absolute Gasteiger partial charge is 0.491 e. The van der Waals surface area contributed by atoms with Crippen LogP contribution in [0.4, 0.5) is 33.3 Å². The van der Waals surface area contributed by atoms with Gasteiger partial charge in [-0.1, -0.05) is 6.07 Å². The van der Waals surface area contributed by atoms with Gasteiger partial charge in [0.1, 0.15) is 23.1 Å². The number of aromatic nitrogens is 2. The van der Waals surface area contributed by atoms with Gasteiger partial charge in [-0.05, 0) is 18.2 Å². The molecule has 186 valence electrons. The van der Waals surface area contributed by atoms with Crippen molar-refractivity contribution in [2.75, 3.05) is 30.7 Å². The number of ether oxygens (including phenoxy) is 1. The van der Waals surface area contributed by atoms with Gasteiger partial charge in [0.25, 0.3) is 5.91 Å². The fraction of sp³-hybridized carbons (Fsp3) is 0.227. The highest BCUT2D eigenvalue weighted by molar-refractivity contribution is 6.07. The van der Waals surface area contributed by atoms with Gasteiger partial charge in [-0.25, -0.2) is 13.8 Å². The first-order valence-electron chi connectivity index (χ1n) is 10.1. The zero-order valence-corrected chi connectivity index (χ0v) is 18.6. The molecule has 4 rings (SSSR count). The molecule has 0 radical (unpaired) electrons. The SMILES string of the molecule is Cl.Nc1cc(C(F)(F)F)c(-c2c(F)cccc2F)nc1C(=O)Nc1cnccc1OCC1CNC1. The van der Waals surface area contributed by atoms with Crippen molar-refractivity contribution >= 4 is 29.7 Å². The van der Waals surface area contributed by atoms with Gasteiger partial charge in [0.2, 0.25) is 0 Å². The Morgan fingerprint density at radius 3 is 2.49 bits per heavy atom. The van der Waals surface area contributed by atoms with Crippen LogP contribution in [0, 0.1) is 17.6 Å². The number of pyridine rings is 2. The Morgan fingerprint density at radius 2 is 1.89 bits per heavy atom. The third-order valence-electron chi connectivity index (χ3n) is 5.14. The van der Waals surface area contributed by atoms with Crippen molar-refractivity contribution in [3.8, 4) is 17.0 Å². The number of hydrogen-bond donors (Lipinski definition) is 3. The van der Waals surface area contributed by atoms with Gasteiger partial charge in [0.15, 0.2) is 5.69 Å². The molecule has 2 aromatic heterocycles. The molecule has 13 heteroatoms. The summed E-state index contributed by atoms with van der Waals surface area (Å²) in [6, 6.07) is 4.50. The molecule has 1 amide bonds. The van der Waals surface area contributed by atoms with Crippen LogP contribution in [-0.4, -0.2) is 35.6 Å². The van der Waals surface area contributed by atoms with E-state index in [0.717, 1.165) is 31.3 Å². The molecular formula is C22H19ClF5N5O2. The zero-order chi connectivity index (χ0) is 24.5. The minimum Gasteiger partial charge on any atom is -0.491 e. The molecule has 1 aliphatic rings. The Hall–Kier alpha value is -3.51. The maximum absolute atomic E-state index is 14.3. The van der Waals surface area contributed by atoms with Crippen LogP contribution in [0.15, 0.2) is 42.7 Å². The number of anilines is 2. The smallest absolute Gasteiger partial charge is 0.418 e. The minimum absolute atomic E-state index is 0. The first kappa shape index (κ1) is 26.1. The summed E-state index contributed by atoms with van der Waals surface area (Å²) in [6.45, 7) is 1.94. The van der Waals surface area contributed by atoms with Crippen molar-refractivity contribution in [3.63, 3.8) is 0 Å². The van der Waals surface area contributed by atoms with Gasteiger partial charge in [-0.3, -0.25) is 9.78 Å². The number of halogens is 6. The standard InChI is InChI=1S/C22H18F5N5O2.ClH/c23-13-2-1-3-14(24)18(13)19-12(22(25,26)27)6-15(28)20(32-19)21(33)31-16-9-29-5-4-17(16)34-10-11-7-30-8-11;/h1-6,9,11,30H,7-8,10,28H2,(H,31,33);1H. The van der Waals surface area contributed by atoms with Gasteiger partial charge in [-0.2, -0.15) is 13.2 Å². The van der Waals surface area contributed by atoms with Crippen LogP contribution in [0.1, 0.15) is 16.1 Å². The molecule has 3 heterocycles. The lowest BCUT2D eigenvalue weighted by molar-refractivity contribution is -0.137. The second-order valence-corrected chi connectivity index (χ2v) is 7.58. The third kappa shape index (κ3) is 5.60. The maximum atomic E-state index is 14.3. The average Bonchev–Trinajstić information content (AvgIpc) is 2.73. The number of benzene rings is 1. The zero-order valence-electron chi connectivity index (χ0n) is 17.8. The molecule has 0 unspecified atom stereocenters.